The first-order valence-corrected chi connectivity index (χ1v) is 31.8. The van der Waals surface area contributed by atoms with Gasteiger partial charge in [0.15, 0.2) is 34.5 Å². The standard InChI is InChI=1S/C64H64BBr3F3N11O6/c1-83-56-25-44-53(72-34-75-62(44)78-50-11-8-41(66)22-47(50)69)28-59(56)86-31-37-4-6-40(7-5-37)65(81-18-14-38(15-19-81)32-87-60-29-54-45(26-57(60)84-2)63(76-35-73-54)79-51-12-9-42(67)23-48(51)70)82-20-16-39(17-21-82)33-88-61-30-55-46(27-58(61)85-3)64(77-36-74-55)80-52-13-10-43(68)24-49(52)71/h8-13,22-30,34-40H,4-7,14-21,31-33H2,1-3H3,(H,72,75,78)(H,73,76,79)(H,74,77,80). The highest BCUT2D eigenvalue weighted by atomic mass is 79.9. The molecule has 456 valence electrons. The van der Waals surface area contributed by atoms with Crippen molar-refractivity contribution in [2.45, 2.75) is 57.2 Å². The maximum absolute atomic E-state index is 14.9. The van der Waals surface area contributed by atoms with Gasteiger partial charge in [-0.15, -0.1) is 0 Å². The Bertz CT molecular complexity index is 3580. The van der Waals surface area contributed by atoms with Gasteiger partial charge < -0.3 is 54.0 Å². The lowest BCUT2D eigenvalue weighted by molar-refractivity contribution is 0.149. The van der Waals surface area contributed by atoms with Gasteiger partial charge in [0.25, 0.3) is 0 Å². The quantitative estimate of drug-likeness (QED) is 0.0579. The zero-order chi connectivity index (χ0) is 60.8. The van der Waals surface area contributed by atoms with Crippen LogP contribution >= 0.6 is 47.8 Å². The number of hydrogen-bond donors (Lipinski definition) is 3. The summed E-state index contributed by atoms with van der Waals surface area (Å²) in [7, 11) is 4.84. The Morgan fingerprint density at radius 3 is 1.05 bits per heavy atom. The van der Waals surface area contributed by atoms with Crippen molar-refractivity contribution in [1.29, 1.82) is 0 Å². The molecule has 1 aliphatic carbocycles. The Balaban J connectivity index is 0.707. The number of nitrogens with one attached hydrogen (secondary N) is 3. The molecule has 17 nitrogen and oxygen atoms in total. The summed E-state index contributed by atoms with van der Waals surface area (Å²) in [5.74, 6) is 5.00. The molecule has 3 aromatic heterocycles. The van der Waals surface area contributed by atoms with Gasteiger partial charge in [-0.25, -0.2) is 43.1 Å². The van der Waals surface area contributed by atoms with Crippen LogP contribution in [-0.4, -0.2) is 114 Å². The lowest BCUT2D eigenvalue weighted by atomic mass is 9.52. The maximum atomic E-state index is 14.9. The van der Waals surface area contributed by atoms with E-state index in [0.717, 1.165) is 77.5 Å². The molecule has 88 heavy (non-hydrogen) atoms. The highest BCUT2D eigenvalue weighted by Gasteiger charge is 2.42. The third kappa shape index (κ3) is 13.9. The van der Waals surface area contributed by atoms with Crippen molar-refractivity contribution >= 4 is 122 Å². The third-order valence-corrected chi connectivity index (χ3v) is 18.6. The summed E-state index contributed by atoms with van der Waals surface area (Å²) in [5, 5.41) is 11.4. The van der Waals surface area contributed by atoms with Crippen LogP contribution in [0.1, 0.15) is 51.4 Å². The first-order chi connectivity index (χ1) is 42.9. The Labute approximate surface area is 533 Å². The summed E-state index contributed by atoms with van der Waals surface area (Å²) in [6.45, 7) is 5.61. The second-order valence-corrected chi connectivity index (χ2v) is 25.3. The fraction of sp³-hybridized carbons (Fsp3) is 0.344. The summed E-state index contributed by atoms with van der Waals surface area (Å²) < 4.78 is 83.8. The number of rotatable bonds is 21. The van der Waals surface area contributed by atoms with E-state index in [1.807, 2.05) is 36.4 Å². The van der Waals surface area contributed by atoms with E-state index in [9.17, 15) is 13.2 Å². The van der Waals surface area contributed by atoms with Gasteiger partial charge >= 0.3 is 6.98 Å². The molecule has 0 unspecified atom stereocenters. The first-order valence-electron chi connectivity index (χ1n) is 29.4. The molecular formula is C64H64BBr3F3N11O6. The van der Waals surface area contributed by atoms with Crippen molar-refractivity contribution < 1.29 is 41.6 Å². The lowest BCUT2D eigenvalue weighted by Gasteiger charge is -2.47. The molecule has 0 spiro atoms. The minimum atomic E-state index is -0.412. The van der Waals surface area contributed by atoms with Crippen molar-refractivity contribution in [2.75, 3.05) is 83.3 Å². The van der Waals surface area contributed by atoms with E-state index < -0.39 is 17.5 Å². The summed E-state index contributed by atoms with van der Waals surface area (Å²) in [4.78, 5) is 32.4. The lowest BCUT2D eigenvalue weighted by Crippen LogP contribution is -2.60. The Morgan fingerprint density at radius 1 is 0.420 bits per heavy atom. The zero-order valence-corrected chi connectivity index (χ0v) is 53.4. The molecule has 3 aliphatic rings. The van der Waals surface area contributed by atoms with Crippen LogP contribution in [0.15, 0.2) is 123 Å². The van der Waals surface area contributed by atoms with Gasteiger partial charge in [-0.1, -0.05) is 60.6 Å². The molecule has 2 aliphatic heterocycles. The summed E-state index contributed by atoms with van der Waals surface area (Å²) in [6, 6.07) is 25.6. The number of aromatic nitrogens is 6. The molecule has 24 heteroatoms. The van der Waals surface area contributed by atoms with E-state index in [2.05, 4.69) is 103 Å². The molecule has 0 bridgehead atoms. The molecule has 0 atom stereocenters. The van der Waals surface area contributed by atoms with Gasteiger partial charge in [-0.05, 0) is 161 Å². The molecule has 12 rings (SSSR count). The predicted molar refractivity (Wildman–Crippen MR) is 347 cm³/mol. The highest BCUT2D eigenvalue weighted by molar-refractivity contribution is 9.11. The number of methoxy groups -OCH3 is 3. The van der Waals surface area contributed by atoms with Gasteiger partial charge in [-0.3, -0.25) is 0 Å². The van der Waals surface area contributed by atoms with Crippen molar-refractivity contribution in [3.05, 3.63) is 141 Å². The van der Waals surface area contributed by atoms with E-state index in [1.165, 1.54) is 37.2 Å². The van der Waals surface area contributed by atoms with Crippen LogP contribution in [0.25, 0.3) is 32.7 Å². The van der Waals surface area contributed by atoms with Gasteiger partial charge in [0, 0.05) is 47.8 Å². The van der Waals surface area contributed by atoms with Crippen molar-refractivity contribution in [1.82, 2.24) is 39.5 Å². The molecule has 0 radical (unpaired) electrons. The fourth-order valence-corrected chi connectivity index (χ4v) is 13.3. The number of hydrogen-bond acceptors (Lipinski definition) is 17. The molecule has 2 saturated heterocycles. The number of piperidine rings is 2. The van der Waals surface area contributed by atoms with Gasteiger partial charge in [0.2, 0.25) is 0 Å². The van der Waals surface area contributed by atoms with Crippen LogP contribution in [0, 0.1) is 35.2 Å². The highest BCUT2D eigenvalue weighted by Crippen LogP contribution is 2.43. The van der Waals surface area contributed by atoms with E-state index in [1.54, 1.807) is 57.7 Å². The fourth-order valence-electron chi connectivity index (χ4n) is 12.3. The van der Waals surface area contributed by atoms with E-state index in [-0.39, 0.29) is 6.98 Å². The number of nitrogens with zero attached hydrogens (tertiary/aromatic N) is 8. The minimum absolute atomic E-state index is 0.266. The van der Waals surface area contributed by atoms with Gasteiger partial charge in [0.1, 0.15) is 53.9 Å². The molecule has 9 aromatic rings. The maximum Gasteiger partial charge on any atom is 0.314 e. The number of anilines is 6. The second-order valence-electron chi connectivity index (χ2n) is 22.6. The van der Waals surface area contributed by atoms with Crippen LogP contribution in [-0.2, 0) is 0 Å². The van der Waals surface area contributed by atoms with Crippen LogP contribution in [0.2, 0.25) is 5.82 Å². The van der Waals surface area contributed by atoms with Crippen LogP contribution in [0.5, 0.6) is 34.5 Å². The molecule has 6 aromatic carbocycles. The van der Waals surface area contributed by atoms with Crippen LogP contribution < -0.4 is 44.4 Å². The third-order valence-electron chi connectivity index (χ3n) is 17.1. The van der Waals surface area contributed by atoms with E-state index in [4.69, 9.17) is 28.4 Å². The average molecular weight is 1390 g/mol. The van der Waals surface area contributed by atoms with Gasteiger partial charge in [-0.2, -0.15) is 0 Å². The molecule has 3 N–H and O–H groups in total. The van der Waals surface area contributed by atoms with Crippen molar-refractivity contribution in [3.63, 3.8) is 0 Å². The van der Waals surface area contributed by atoms with Crippen LogP contribution in [0.4, 0.5) is 47.7 Å². The smallest absolute Gasteiger partial charge is 0.314 e. The Hall–Kier alpha value is -7.25. The second kappa shape index (κ2) is 27.6. The van der Waals surface area contributed by atoms with Crippen molar-refractivity contribution in [2.24, 2.45) is 17.8 Å². The molecular weight excluding hydrogens is 1330 g/mol. The molecule has 0 amide bonds. The SMILES string of the molecule is COc1cc2c(Nc3ccc(Br)cc3F)ncnc2cc1OCC1CCC(B(N2CCC(COc3cc4ncnc(Nc5ccc(Br)cc5F)c4cc3OC)CC2)N2CCC(COc3cc4ncnc(Nc5ccc(Br)cc5F)c4cc3OC)CC2)CC1. The minimum Gasteiger partial charge on any atom is -0.493 e. The summed E-state index contributed by atoms with van der Waals surface area (Å²) in [6.07, 6.45) is 12.4. The topological polar surface area (TPSA) is 175 Å². The largest absolute Gasteiger partial charge is 0.493 e. The summed E-state index contributed by atoms with van der Waals surface area (Å²) >= 11 is 9.99. The normalized spacial score (nSPS) is 17.0. The number of halogens is 6. The number of fused-ring (bicyclic) bond motifs is 3. The zero-order valence-electron chi connectivity index (χ0n) is 48.7. The molecule has 3 fully saturated rings. The Morgan fingerprint density at radius 2 is 0.739 bits per heavy atom. The van der Waals surface area contributed by atoms with Crippen molar-refractivity contribution in [3.8, 4) is 34.5 Å². The average Bonchev–Trinajstić information content (AvgIpc) is 2.23. The monoisotopic (exact) mass is 1390 g/mol. The predicted octanol–water partition coefficient (Wildman–Crippen LogP) is 15.5. The Kier molecular flexibility index (Phi) is 19.2. The van der Waals surface area contributed by atoms with E-state index >= 15 is 0 Å². The van der Waals surface area contributed by atoms with Crippen LogP contribution in [0.3, 0.4) is 0 Å². The van der Waals surface area contributed by atoms with Gasteiger partial charge in [0.05, 0.1) is 74.8 Å². The number of ether oxygens (including phenoxy) is 6. The summed E-state index contributed by atoms with van der Waals surface area (Å²) in [5.41, 5.74) is 2.82. The number of benzene rings is 6. The molecule has 5 heterocycles. The van der Waals surface area contributed by atoms with E-state index in [0.29, 0.717) is 159 Å². The first kappa shape index (κ1) is 61.0. The molecule has 1 saturated carbocycles.